The average Bonchev–Trinajstić information content (AvgIpc) is 2.98. The second-order valence-electron chi connectivity index (χ2n) is 9.31. The first-order chi connectivity index (χ1) is 19.0. The molecular formula is C30H27ClFN5O2. The van der Waals surface area contributed by atoms with E-state index in [0.717, 1.165) is 22.6 Å². The van der Waals surface area contributed by atoms with Crippen LogP contribution < -0.4 is 4.90 Å². The predicted octanol–water partition coefficient (Wildman–Crippen LogP) is 4.93. The van der Waals surface area contributed by atoms with Crippen molar-refractivity contribution < 1.29 is 14.0 Å². The molecule has 1 aromatic heterocycles. The Morgan fingerprint density at radius 2 is 1.51 bits per heavy atom. The molecule has 39 heavy (non-hydrogen) atoms. The summed E-state index contributed by atoms with van der Waals surface area (Å²) in [6, 6.07) is 26.2. The normalized spacial score (nSPS) is 13.3. The molecular weight excluding hydrogens is 517 g/mol. The summed E-state index contributed by atoms with van der Waals surface area (Å²) in [7, 11) is 0. The molecule has 0 spiro atoms. The van der Waals surface area contributed by atoms with Gasteiger partial charge in [-0.3, -0.25) is 9.59 Å². The lowest BCUT2D eigenvalue weighted by Gasteiger charge is -2.36. The highest BCUT2D eigenvalue weighted by Crippen LogP contribution is 2.20. The maximum Gasteiger partial charge on any atom is 0.254 e. The number of benzene rings is 3. The summed E-state index contributed by atoms with van der Waals surface area (Å²) >= 11 is 5.98. The van der Waals surface area contributed by atoms with Crippen LogP contribution in [0.15, 0.2) is 91.0 Å². The van der Waals surface area contributed by atoms with E-state index in [0.29, 0.717) is 36.8 Å². The van der Waals surface area contributed by atoms with E-state index in [9.17, 15) is 14.0 Å². The Labute approximate surface area is 231 Å². The van der Waals surface area contributed by atoms with Crippen molar-refractivity contribution >= 4 is 29.2 Å². The highest BCUT2D eigenvalue weighted by molar-refractivity contribution is 6.30. The van der Waals surface area contributed by atoms with Crippen LogP contribution in [0.2, 0.25) is 5.02 Å². The smallest absolute Gasteiger partial charge is 0.254 e. The first-order valence-electron chi connectivity index (χ1n) is 12.7. The fourth-order valence-electron chi connectivity index (χ4n) is 4.49. The van der Waals surface area contributed by atoms with Crippen LogP contribution in [0, 0.1) is 5.82 Å². The highest BCUT2D eigenvalue weighted by Gasteiger charge is 2.26. The van der Waals surface area contributed by atoms with Crippen molar-refractivity contribution in [2.45, 2.75) is 6.54 Å². The van der Waals surface area contributed by atoms with Gasteiger partial charge in [-0.05, 0) is 54.1 Å². The number of carbonyl (C=O) groups is 2. The Morgan fingerprint density at radius 1 is 0.821 bits per heavy atom. The van der Waals surface area contributed by atoms with Crippen LogP contribution >= 0.6 is 11.6 Å². The molecule has 0 radical (unpaired) electrons. The number of halogens is 2. The van der Waals surface area contributed by atoms with Gasteiger partial charge in [-0.15, -0.1) is 10.2 Å². The maximum absolute atomic E-state index is 13.4. The lowest BCUT2D eigenvalue weighted by atomic mass is 10.1. The Hall–Kier alpha value is -4.30. The summed E-state index contributed by atoms with van der Waals surface area (Å²) in [5, 5.41) is 9.28. The van der Waals surface area contributed by atoms with Crippen molar-refractivity contribution in [3.8, 4) is 11.3 Å². The minimum absolute atomic E-state index is 0.0928. The lowest BCUT2D eigenvalue weighted by molar-refractivity contribution is -0.132. The number of nitrogens with zero attached hydrogens (tertiary/aromatic N) is 5. The van der Waals surface area contributed by atoms with Crippen LogP contribution in [-0.2, 0) is 11.3 Å². The molecule has 2 heterocycles. The number of carbonyl (C=O) groups excluding carboxylic acids is 2. The van der Waals surface area contributed by atoms with E-state index in [1.807, 2.05) is 42.5 Å². The third kappa shape index (κ3) is 6.59. The number of hydrogen-bond donors (Lipinski definition) is 0. The molecule has 4 aromatic rings. The molecule has 1 aliphatic rings. The van der Waals surface area contributed by atoms with E-state index in [1.165, 1.54) is 17.0 Å². The molecule has 0 atom stereocenters. The van der Waals surface area contributed by atoms with Gasteiger partial charge in [0.15, 0.2) is 5.82 Å². The average molecular weight is 544 g/mol. The fourth-order valence-corrected chi connectivity index (χ4v) is 4.62. The third-order valence-electron chi connectivity index (χ3n) is 6.67. The summed E-state index contributed by atoms with van der Waals surface area (Å²) in [6.07, 6.45) is 0. The number of hydrogen-bond acceptors (Lipinski definition) is 5. The van der Waals surface area contributed by atoms with Gasteiger partial charge in [0, 0.05) is 48.9 Å². The molecule has 5 rings (SSSR count). The molecule has 198 valence electrons. The molecule has 1 fully saturated rings. The summed E-state index contributed by atoms with van der Waals surface area (Å²) in [6.45, 7) is 2.30. The topological polar surface area (TPSA) is 69.6 Å². The molecule has 0 bridgehead atoms. The first kappa shape index (κ1) is 26.3. The zero-order valence-electron chi connectivity index (χ0n) is 21.2. The maximum atomic E-state index is 13.4. The third-order valence-corrected chi connectivity index (χ3v) is 6.92. The standard InChI is InChI=1S/C30H27ClFN5O2/c31-25-10-8-24(9-11-25)30(39)37(20-22-6-12-26(32)13-7-22)21-29(38)36-18-16-35(17-19-36)28-15-14-27(33-34-28)23-4-2-1-3-5-23/h1-15H,16-21H2. The lowest BCUT2D eigenvalue weighted by Crippen LogP contribution is -2.52. The van der Waals surface area contributed by atoms with E-state index < -0.39 is 0 Å². The summed E-state index contributed by atoms with van der Waals surface area (Å²) < 4.78 is 13.4. The van der Waals surface area contributed by atoms with E-state index in [1.54, 1.807) is 41.3 Å². The Kier molecular flexibility index (Phi) is 8.13. The van der Waals surface area contributed by atoms with Crippen LogP contribution in [0.5, 0.6) is 0 Å². The van der Waals surface area contributed by atoms with Crippen LogP contribution in [-0.4, -0.2) is 64.5 Å². The molecule has 3 aromatic carbocycles. The minimum Gasteiger partial charge on any atom is -0.352 e. The second-order valence-corrected chi connectivity index (χ2v) is 9.74. The number of piperazine rings is 1. The zero-order chi connectivity index (χ0) is 27.2. The van der Waals surface area contributed by atoms with Crippen molar-refractivity contribution in [3.63, 3.8) is 0 Å². The Morgan fingerprint density at radius 3 is 2.15 bits per heavy atom. The Balaban J connectivity index is 1.23. The van der Waals surface area contributed by atoms with Gasteiger partial charge in [-0.2, -0.15) is 0 Å². The molecule has 1 saturated heterocycles. The van der Waals surface area contributed by atoms with Gasteiger partial charge in [0.25, 0.3) is 5.91 Å². The zero-order valence-corrected chi connectivity index (χ0v) is 22.0. The summed E-state index contributed by atoms with van der Waals surface area (Å²) in [5.41, 5.74) is 2.97. The predicted molar refractivity (Wildman–Crippen MR) is 149 cm³/mol. The van der Waals surface area contributed by atoms with E-state index >= 15 is 0 Å². The molecule has 0 saturated carbocycles. The SMILES string of the molecule is O=C(CN(Cc1ccc(F)cc1)C(=O)c1ccc(Cl)cc1)N1CCN(c2ccc(-c3ccccc3)nn2)CC1. The summed E-state index contributed by atoms with van der Waals surface area (Å²) in [4.78, 5) is 32.0. The van der Waals surface area contributed by atoms with Crippen LogP contribution in [0.1, 0.15) is 15.9 Å². The molecule has 0 aliphatic carbocycles. The van der Waals surface area contributed by atoms with Gasteiger partial charge in [-0.1, -0.05) is 54.1 Å². The highest BCUT2D eigenvalue weighted by atomic mass is 35.5. The number of rotatable bonds is 7. The van der Waals surface area contributed by atoms with Crippen molar-refractivity contribution in [1.29, 1.82) is 0 Å². The van der Waals surface area contributed by atoms with E-state index in [-0.39, 0.29) is 30.7 Å². The van der Waals surface area contributed by atoms with Gasteiger partial charge in [-0.25, -0.2) is 4.39 Å². The monoisotopic (exact) mass is 543 g/mol. The molecule has 7 nitrogen and oxygen atoms in total. The van der Waals surface area contributed by atoms with E-state index in [4.69, 9.17) is 11.6 Å². The molecule has 2 amide bonds. The van der Waals surface area contributed by atoms with Crippen LogP contribution in [0.25, 0.3) is 11.3 Å². The molecule has 0 unspecified atom stereocenters. The largest absolute Gasteiger partial charge is 0.352 e. The quantitative estimate of drug-likeness (QED) is 0.331. The van der Waals surface area contributed by atoms with Crippen LogP contribution in [0.4, 0.5) is 10.2 Å². The van der Waals surface area contributed by atoms with Gasteiger partial charge in [0.1, 0.15) is 12.4 Å². The van der Waals surface area contributed by atoms with Crippen molar-refractivity contribution in [2.24, 2.45) is 0 Å². The molecule has 0 N–H and O–H groups in total. The molecule has 1 aliphatic heterocycles. The van der Waals surface area contributed by atoms with Gasteiger partial charge < -0.3 is 14.7 Å². The first-order valence-corrected chi connectivity index (χ1v) is 13.1. The van der Waals surface area contributed by atoms with Crippen molar-refractivity contribution in [2.75, 3.05) is 37.6 Å². The number of anilines is 1. The summed E-state index contributed by atoms with van der Waals surface area (Å²) in [5.74, 6) is -0.0401. The van der Waals surface area contributed by atoms with Crippen molar-refractivity contribution in [3.05, 3.63) is 113 Å². The number of aromatic nitrogens is 2. The van der Waals surface area contributed by atoms with Crippen molar-refractivity contribution in [1.82, 2.24) is 20.0 Å². The van der Waals surface area contributed by atoms with Gasteiger partial charge >= 0.3 is 0 Å². The van der Waals surface area contributed by atoms with E-state index in [2.05, 4.69) is 15.1 Å². The Bertz CT molecular complexity index is 1410. The van der Waals surface area contributed by atoms with Gasteiger partial charge in [0.2, 0.25) is 5.91 Å². The molecule has 9 heteroatoms. The van der Waals surface area contributed by atoms with Gasteiger partial charge in [0.05, 0.1) is 5.69 Å². The van der Waals surface area contributed by atoms with Crippen LogP contribution in [0.3, 0.4) is 0 Å². The fraction of sp³-hybridized carbons (Fsp3) is 0.200. The minimum atomic E-state index is -0.359. The number of amides is 2. The second kappa shape index (κ2) is 12.0.